The summed E-state index contributed by atoms with van der Waals surface area (Å²) in [5.41, 5.74) is 0.333. The second-order valence-electron chi connectivity index (χ2n) is 5.45. The molecule has 7 nitrogen and oxygen atoms in total. The Labute approximate surface area is 145 Å². The Morgan fingerprint density at radius 3 is 2.08 bits per heavy atom. The third kappa shape index (κ3) is 3.63. The number of rotatable bonds is 6. The van der Waals surface area contributed by atoms with Gasteiger partial charge in [0.25, 0.3) is 10.0 Å². The fourth-order valence-corrected chi connectivity index (χ4v) is 3.95. The lowest BCUT2D eigenvalue weighted by Crippen LogP contribution is -2.44. The van der Waals surface area contributed by atoms with Crippen LogP contribution in [0.4, 0.5) is 5.69 Å². The van der Waals surface area contributed by atoms with Crippen LogP contribution >= 0.6 is 0 Å². The number of anilines is 1. The maximum absolute atomic E-state index is 13.0. The molecule has 0 aliphatic rings. The van der Waals surface area contributed by atoms with Crippen LogP contribution in [0.5, 0.6) is 0 Å². The minimum atomic E-state index is -4.28. The van der Waals surface area contributed by atoms with Crippen LogP contribution in [-0.2, 0) is 14.8 Å². The Morgan fingerprint density at radius 1 is 1.00 bits per heavy atom. The molecular weight excluding hydrogens is 346 g/mol. The smallest absolute Gasteiger partial charge is 0.337 e. The predicted octanol–water partition coefficient (Wildman–Crippen LogP) is 2.36. The van der Waals surface area contributed by atoms with E-state index in [9.17, 15) is 28.2 Å². The number of para-hydroxylation sites is 1. The minimum absolute atomic E-state index is 0.119. The number of nitrogens with zero attached hydrogens (tertiary/aromatic N) is 1. The summed E-state index contributed by atoms with van der Waals surface area (Å²) in [4.78, 5) is 22.8. The van der Waals surface area contributed by atoms with Gasteiger partial charge in [-0.15, -0.1) is 0 Å². The molecule has 1 atom stereocenters. The number of aromatic carboxylic acids is 1. The highest BCUT2D eigenvalue weighted by Crippen LogP contribution is 2.29. The van der Waals surface area contributed by atoms with Gasteiger partial charge in [0.1, 0.15) is 6.04 Å². The molecule has 2 aromatic rings. The summed E-state index contributed by atoms with van der Waals surface area (Å²) in [6.07, 6.45) is 0. The van der Waals surface area contributed by atoms with Crippen molar-refractivity contribution in [3.63, 3.8) is 0 Å². The summed E-state index contributed by atoms with van der Waals surface area (Å²) in [6, 6.07) is 9.78. The van der Waals surface area contributed by atoms with E-state index >= 15 is 0 Å². The molecule has 2 N–H and O–H groups in total. The highest BCUT2D eigenvalue weighted by atomic mass is 32.2. The molecule has 0 aliphatic carbocycles. The zero-order chi connectivity index (χ0) is 18.8. The maximum Gasteiger partial charge on any atom is 0.337 e. The van der Waals surface area contributed by atoms with Gasteiger partial charge in [-0.1, -0.05) is 29.8 Å². The molecule has 0 heterocycles. The molecule has 1 unspecified atom stereocenters. The lowest BCUT2D eigenvalue weighted by Gasteiger charge is -2.29. The van der Waals surface area contributed by atoms with E-state index < -0.39 is 28.0 Å². The average molecular weight is 363 g/mol. The molecule has 0 saturated carbocycles. The van der Waals surface area contributed by atoms with E-state index in [4.69, 9.17) is 0 Å². The van der Waals surface area contributed by atoms with E-state index in [2.05, 4.69) is 0 Å². The summed E-state index contributed by atoms with van der Waals surface area (Å²) < 4.78 is 26.7. The van der Waals surface area contributed by atoms with Gasteiger partial charge in [0, 0.05) is 0 Å². The number of carbonyl (C=O) groups is 2. The molecule has 0 saturated heterocycles. The van der Waals surface area contributed by atoms with Crippen molar-refractivity contribution < 1.29 is 28.2 Å². The molecule has 0 bridgehead atoms. The summed E-state index contributed by atoms with van der Waals surface area (Å²) in [6.45, 7) is 2.97. The number of aryl methyl sites for hydroxylation is 1. The van der Waals surface area contributed by atoms with Crippen molar-refractivity contribution in [2.75, 3.05) is 4.31 Å². The van der Waals surface area contributed by atoms with Gasteiger partial charge in [-0.2, -0.15) is 0 Å². The predicted molar refractivity (Wildman–Crippen MR) is 91.3 cm³/mol. The fraction of sp³-hybridized carbons (Fsp3) is 0.176. The van der Waals surface area contributed by atoms with Gasteiger partial charge in [0.05, 0.1) is 16.1 Å². The Kier molecular flexibility index (Phi) is 5.13. The van der Waals surface area contributed by atoms with E-state index in [1.807, 2.05) is 0 Å². The highest BCUT2D eigenvalue weighted by Gasteiger charge is 2.35. The van der Waals surface area contributed by atoms with Crippen LogP contribution in [0.25, 0.3) is 0 Å². The molecule has 0 fully saturated rings. The van der Waals surface area contributed by atoms with Crippen LogP contribution in [0, 0.1) is 6.92 Å². The lowest BCUT2D eigenvalue weighted by molar-refractivity contribution is -0.137. The zero-order valence-corrected chi connectivity index (χ0v) is 14.4. The van der Waals surface area contributed by atoms with Crippen LogP contribution in [0.2, 0.25) is 0 Å². The molecule has 25 heavy (non-hydrogen) atoms. The Bertz CT molecular complexity index is 905. The molecule has 0 radical (unpaired) electrons. The number of hydrogen-bond donors (Lipinski definition) is 2. The maximum atomic E-state index is 13.0. The van der Waals surface area contributed by atoms with Crippen molar-refractivity contribution >= 4 is 27.6 Å². The summed E-state index contributed by atoms with van der Waals surface area (Å²) in [5, 5.41) is 18.7. The molecule has 8 heteroatoms. The number of carboxylic acids is 2. The fourth-order valence-electron chi connectivity index (χ4n) is 2.32. The first kappa shape index (κ1) is 18.5. The number of benzene rings is 2. The van der Waals surface area contributed by atoms with E-state index in [-0.39, 0.29) is 16.1 Å². The summed E-state index contributed by atoms with van der Waals surface area (Å²) >= 11 is 0. The minimum Gasteiger partial charge on any atom is -0.480 e. The summed E-state index contributed by atoms with van der Waals surface area (Å²) in [7, 11) is -4.28. The van der Waals surface area contributed by atoms with Crippen molar-refractivity contribution in [2.45, 2.75) is 24.8 Å². The number of hydrogen-bond acceptors (Lipinski definition) is 4. The van der Waals surface area contributed by atoms with Gasteiger partial charge in [-0.3, -0.25) is 4.31 Å². The summed E-state index contributed by atoms with van der Waals surface area (Å²) in [5.74, 6) is -2.74. The monoisotopic (exact) mass is 363 g/mol. The van der Waals surface area contributed by atoms with Gasteiger partial charge in [0.15, 0.2) is 0 Å². The first-order valence-corrected chi connectivity index (χ1v) is 8.76. The van der Waals surface area contributed by atoms with Crippen LogP contribution < -0.4 is 4.31 Å². The lowest BCUT2D eigenvalue weighted by atomic mass is 10.1. The second-order valence-corrected chi connectivity index (χ2v) is 7.27. The quantitative estimate of drug-likeness (QED) is 0.815. The molecular formula is C17H17NO6S. The molecule has 0 aliphatic heterocycles. The van der Waals surface area contributed by atoms with Gasteiger partial charge < -0.3 is 10.2 Å². The Hall–Kier alpha value is -2.87. The van der Waals surface area contributed by atoms with Crippen molar-refractivity contribution in [1.29, 1.82) is 0 Å². The normalized spacial score (nSPS) is 12.4. The van der Waals surface area contributed by atoms with Crippen molar-refractivity contribution in [2.24, 2.45) is 0 Å². The topological polar surface area (TPSA) is 112 Å². The van der Waals surface area contributed by atoms with Gasteiger partial charge in [-0.25, -0.2) is 18.0 Å². The van der Waals surface area contributed by atoms with Crippen LogP contribution in [0.3, 0.4) is 0 Å². The zero-order valence-electron chi connectivity index (χ0n) is 13.6. The second kappa shape index (κ2) is 6.94. The molecule has 2 rings (SSSR count). The van der Waals surface area contributed by atoms with Gasteiger partial charge in [-0.05, 0) is 38.1 Å². The molecule has 0 spiro atoms. The van der Waals surface area contributed by atoms with Gasteiger partial charge in [0.2, 0.25) is 0 Å². The van der Waals surface area contributed by atoms with Crippen LogP contribution in [-0.4, -0.2) is 36.6 Å². The van der Waals surface area contributed by atoms with E-state index in [1.165, 1.54) is 43.3 Å². The first-order chi connectivity index (χ1) is 11.7. The van der Waals surface area contributed by atoms with Gasteiger partial charge >= 0.3 is 11.9 Å². The number of sulfonamides is 1. The third-order valence-electron chi connectivity index (χ3n) is 3.66. The molecule has 132 valence electrons. The van der Waals surface area contributed by atoms with Crippen LogP contribution in [0.1, 0.15) is 22.8 Å². The average Bonchev–Trinajstić information content (AvgIpc) is 2.55. The van der Waals surface area contributed by atoms with E-state index in [0.29, 0.717) is 4.31 Å². The first-order valence-electron chi connectivity index (χ1n) is 7.32. The van der Waals surface area contributed by atoms with Crippen molar-refractivity contribution in [3.8, 4) is 0 Å². The molecule has 0 amide bonds. The number of carboxylic acid groups (broad SMARTS) is 2. The largest absolute Gasteiger partial charge is 0.480 e. The molecule has 0 aromatic heterocycles. The van der Waals surface area contributed by atoms with E-state index in [1.54, 1.807) is 19.1 Å². The van der Waals surface area contributed by atoms with E-state index in [0.717, 1.165) is 5.56 Å². The third-order valence-corrected chi connectivity index (χ3v) is 5.56. The Balaban J connectivity index is 2.72. The Morgan fingerprint density at radius 2 is 1.56 bits per heavy atom. The van der Waals surface area contributed by atoms with Crippen molar-refractivity contribution in [3.05, 3.63) is 59.7 Å². The number of aliphatic carboxylic acids is 1. The SMILES string of the molecule is Cc1ccc(S(=O)(=O)N(c2ccccc2C(=O)O)C(C)C(=O)O)cc1. The van der Waals surface area contributed by atoms with Crippen LogP contribution in [0.15, 0.2) is 53.4 Å². The molecule has 2 aromatic carbocycles. The standard InChI is InChI=1S/C17H17NO6S/c1-11-7-9-13(10-8-11)25(23,24)18(12(2)16(19)20)15-6-4-3-5-14(15)17(21)22/h3-10,12H,1-2H3,(H,19,20)(H,21,22). The van der Waals surface area contributed by atoms with Crippen molar-refractivity contribution in [1.82, 2.24) is 0 Å². The highest BCUT2D eigenvalue weighted by molar-refractivity contribution is 7.93.